The molecule has 2 aliphatic heterocycles. The number of nitrogens with zero attached hydrogens (tertiary/aromatic N) is 2. The second-order valence-corrected chi connectivity index (χ2v) is 4.15. The second-order valence-electron chi connectivity index (χ2n) is 4.15. The van der Waals surface area contributed by atoms with Crippen molar-refractivity contribution in [2.24, 2.45) is 4.99 Å². The molecule has 0 aromatic carbocycles. The smallest absolute Gasteiger partial charge is 0.146 e. The van der Waals surface area contributed by atoms with Gasteiger partial charge in [-0.2, -0.15) is 0 Å². The zero-order valence-corrected chi connectivity index (χ0v) is 9.87. The average molecular weight is 220 g/mol. The summed E-state index contributed by atoms with van der Waals surface area (Å²) in [5.41, 5.74) is 1.18. The number of piperidine rings is 1. The number of amidine groups is 1. The van der Waals surface area contributed by atoms with E-state index in [0.717, 1.165) is 25.6 Å². The van der Waals surface area contributed by atoms with Crippen LogP contribution < -0.4 is 10.6 Å². The summed E-state index contributed by atoms with van der Waals surface area (Å²) in [6, 6.07) is 0.624. The predicted octanol–water partition coefficient (Wildman–Crippen LogP) is 0.699. The van der Waals surface area contributed by atoms with E-state index in [1.807, 2.05) is 19.2 Å². The van der Waals surface area contributed by atoms with Gasteiger partial charge in [-0.1, -0.05) is 12.7 Å². The fourth-order valence-electron chi connectivity index (χ4n) is 2.40. The Morgan fingerprint density at radius 1 is 1.44 bits per heavy atom. The monoisotopic (exact) mass is 220 g/mol. The fourth-order valence-corrected chi connectivity index (χ4v) is 2.40. The van der Waals surface area contributed by atoms with Crippen molar-refractivity contribution in [3.63, 3.8) is 0 Å². The maximum Gasteiger partial charge on any atom is 0.146 e. The van der Waals surface area contributed by atoms with Gasteiger partial charge < -0.3 is 15.5 Å². The van der Waals surface area contributed by atoms with Crippen LogP contribution >= 0.6 is 0 Å². The molecule has 0 amide bonds. The molecule has 2 fully saturated rings. The van der Waals surface area contributed by atoms with Gasteiger partial charge in [0.25, 0.3) is 0 Å². The first-order valence-electron chi connectivity index (χ1n) is 5.88. The molecule has 16 heavy (non-hydrogen) atoms. The summed E-state index contributed by atoms with van der Waals surface area (Å²) in [5.74, 6) is 0.985. The summed E-state index contributed by atoms with van der Waals surface area (Å²) >= 11 is 0. The molecule has 4 heteroatoms. The molecular weight excluding hydrogens is 200 g/mol. The van der Waals surface area contributed by atoms with Crippen LogP contribution in [0.4, 0.5) is 0 Å². The van der Waals surface area contributed by atoms with Gasteiger partial charge >= 0.3 is 0 Å². The van der Waals surface area contributed by atoms with E-state index in [2.05, 4.69) is 27.1 Å². The molecule has 0 aromatic heterocycles. The van der Waals surface area contributed by atoms with Crippen molar-refractivity contribution in [1.29, 1.82) is 0 Å². The first-order chi connectivity index (χ1) is 7.86. The topological polar surface area (TPSA) is 39.7 Å². The van der Waals surface area contributed by atoms with Gasteiger partial charge in [-0.05, 0) is 32.0 Å². The SMILES string of the molecule is C=C/C=C1\C(=NC)NCN1C1CCNCC1. The highest BCUT2D eigenvalue weighted by molar-refractivity contribution is 5.99. The molecule has 0 radical (unpaired) electrons. The van der Waals surface area contributed by atoms with Gasteiger partial charge in [-0.25, -0.2) is 0 Å². The van der Waals surface area contributed by atoms with E-state index in [4.69, 9.17) is 0 Å². The second kappa shape index (κ2) is 5.16. The van der Waals surface area contributed by atoms with E-state index in [1.165, 1.54) is 18.5 Å². The average Bonchev–Trinajstić information content (AvgIpc) is 2.74. The Bertz CT molecular complexity index is 313. The van der Waals surface area contributed by atoms with Crippen molar-refractivity contribution in [2.45, 2.75) is 18.9 Å². The molecule has 0 unspecified atom stereocenters. The van der Waals surface area contributed by atoms with Gasteiger partial charge in [0.15, 0.2) is 0 Å². The van der Waals surface area contributed by atoms with Crippen molar-refractivity contribution in [3.8, 4) is 0 Å². The minimum atomic E-state index is 0.624. The minimum Gasteiger partial charge on any atom is -0.351 e. The maximum atomic E-state index is 4.26. The largest absolute Gasteiger partial charge is 0.351 e. The first kappa shape index (κ1) is 11.2. The highest BCUT2D eigenvalue weighted by Crippen LogP contribution is 2.21. The molecular formula is C12H20N4. The van der Waals surface area contributed by atoms with Crippen molar-refractivity contribution >= 4 is 5.84 Å². The van der Waals surface area contributed by atoms with Crippen LogP contribution in [0.5, 0.6) is 0 Å². The molecule has 0 spiro atoms. The van der Waals surface area contributed by atoms with E-state index in [1.54, 1.807) is 0 Å². The van der Waals surface area contributed by atoms with Gasteiger partial charge in [0, 0.05) is 13.1 Å². The van der Waals surface area contributed by atoms with Gasteiger partial charge in [-0.3, -0.25) is 4.99 Å². The van der Waals surface area contributed by atoms with Crippen molar-refractivity contribution in [3.05, 3.63) is 24.4 Å². The number of hydrogen-bond donors (Lipinski definition) is 2. The zero-order chi connectivity index (χ0) is 11.4. The Balaban J connectivity index is 2.14. The maximum absolute atomic E-state index is 4.26. The fraction of sp³-hybridized carbons (Fsp3) is 0.583. The number of nitrogens with one attached hydrogen (secondary N) is 2. The molecule has 2 saturated heterocycles. The number of allylic oxidation sites excluding steroid dienone is 2. The van der Waals surface area contributed by atoms with Crippen molar-refractivity contribution < 1.29 is 0 Å². The van der Waals surface area contributed by atoms with Crippen molar-refractivity contribution in [1.82, 2.24) is 15.5 Å². The molecule has 0 aliphatic carbocycles. The highest BCUT2D eigenvalue weighted by atomic mass is 15.3. The molecule has 2 N–H and O–H groups in total. The predicted molar refractivity (Wildman–Crippen MR) is 67.4 cm³/mol. The van der Waals surface area contributed by atoms with E-state index in [0.29, 0.717) is 6.04 Å². The summed E-state index contributed by atoms with van der Waals surface area (Å²) in [7, 11) is 1.82. The molecule has 4 nitrogen and oxygen atoms in total. The van der Waals surface area contributed by atoms with Crippen molar-refractivity contribution in [2.75, 3.05) is 26.8 Å². The summed E-state index contributed by atoms with van der Waals surface area (Å²) in [5, 5.41) is 6.72. The molecule has 2 heterocycles. The van der Waals surface area contributed by atoms with E-state index in [9.17, 15) is 0 Å². The summed E-state index contributed by atoms with van der Waals surface area (Å²) < 4.78 is 0. The van der Waals surface area contributed by atoms with Gasteiger partial charge in [0.05, 0.1) is 12.4 Å². The molecule has 0 atom stereocenters. The van der Waals surface area contributed by atoms with Gasteiger partial charge in [-0.15, -0.1) is 0 Å². The van der Waals surface area contributed by atoms with E-state index in [-0.39, 0.29) is 0 Å². The van der Waals surface area contributed by atoms with E-state index < -0.39 is 0 Å². The van der Waals surface area contributed by atoms with Crippen LogP contribution in [0.3, 0.4) is 0 Å². The Hall–Kier alpha value is -1.29. The summed E-state index contributed by atoms with van der Waals surface area (Å²) in [6.45, 7) is 6.87. The Labute approximate surface area is 97.1 Å². The van der Waals surface area contributed by atoms with Gasteiger partial charge in [0.2, 0.25) is 0 Å². The third-order valence-corrected chi connectivity index (χ3v) is 3.22. The molecule has 0 aromatic rings. The lowest BCUT2D eigenvalue weighted by atomic mass is 10.0. The van der Waals surface area contributed by atoms with Gasteiger partial charge in [0.1, 0.15) is 5.84 Å². The highest BCUT2D eigenvalue weighted by Gasteiger charge is 2.29. The van der Waals surface area contributed by atoms with Crippen LogP contribution in [-0.2, 0) is 0 Å². The quantitative estimate of drug-likeness (QED) is 0.719. The van der Waals surface area contributed by atoms with Crippen LogP contribution in [-0.4, -0.2) is 43.6 Å². The van der Waals surface area contributed by atoms with Crippen LogP contribution in [0.1, 0.15) is 12.8 Å². The first-order valence-corrected chi connectivity index (χ1v) is 5.88. The molecule has 2 rings (SSSR count). The molecule has 0 saturated carbocycles. The number of rotatable bonds is 2. The summed E-state index contributed by atoms with van der Waals surface area (Å²) in [6.07, 6.45) is 6.28. The number of aliphatic imine (C=N–C) groups is 1. The third kappa shape index (κ3) is 2.11. The number of hydrogen-bond acceptors (Lipinski definition) is 3. The Kier molecular flexibility index (Phi) is 3.62. The zero-order valence-electron chi connectivity index (χ0n) is 9.87. The van der Waals surface area contributed by atoms with Crippen LogP contribution in [0.15, 0.2) is 29.4 Å². The molecule has 0 bridgehead atoms. The van der Waals surface area contributed by atoms with Crippen LogP contribution in [0.25, 0.3) is 0 Å². The molecule has 88 valence electrons. The minimum absolute atomic E-state index is 0.624. The van der Waals surface area contributed by atoms with Crippen LogP contribution in [0.2, 0.25) is 0 Å². The lowest BCUT2D eigenvalue weighted by Crippen LogP contribution is -2.41. The Morgan fingerprint density at radius 2 is 2.19 bits per heavy atom. The lowest BCUT2D eigenvalue weighted by Gasteiger charge is -2.32. The lowest BCUT2D eigenvalue weighted by molar-refractivity contribution is 0.228. The summed E-state index contributed by atoms with van der Waals surface area (Å²) in [4.78, 5) is 6.67. The molecule has 2 aliphatic rings. The normalized spacial score (nSPS) is 27.4. The third-order valence-electron chi connectivity index (χ3n) is 3.22. The standard InChI is InChI=1S/C12H20N4/c1-3-4-11-12(13-2)15-9-16(11)10-5-7-14-8-6-10/h3-4,10,14H,1,5-9H2,2H3,(H,13,15)/b11-4+. The Morgan fingerprint density at radius 3 is 2.81 bits per heavy atom. The van der Waals surface area contributed by atoms with Crippen LogP contribution in [0, 0.1) is 0 Å². The van der Waals surface area contributed by atoms with E-state index >= 15 is 0 Å².